The van der Waals surface area contributed by atoms with Crippen LogP contribution in [0.2, 0.25) is 0 Å². The highest BCUT2D eigenvalue weighted by Gasteiger charge is 1.75. The first-order chi connectivity index (χ1) is 3.81. The highest BCUT2D eigenvalue weighted by Crippen LogP contribution is 1.87. The number of nitrogens with two attached hydrogens (primary N) is 1. The van der Waals surface area contributed by atoms with Crippen molar-refractivity contribution in [3.8, 4) is 0 Å². The van der Waals surface area contributed by atoms with E-state index in [-0.39, 0.29) is 0 Å². The molecule has 0 fully saturated rings. The maximum Gasteiger partial charge on any atom is 0.0137 e. The Hall–Kier alpha value is -0.560. The van der Waals surface area contributed by atoms with E-state index in [0.29, 0.717) is 6.54 Å². The van der Waals surface area contributed by atoms with Crippen molar-refractivity contribution in [2.75, 3.05) is 6.54 Å². The molecule has 0 amide bonds. The van der Waals surface area contributed by atoms with Crippen LogP contribution in [0.5, 0.6) is 0 Å². The van der Waals surface area contributed by atoms with Gasteiger partial charge < -0.3 is 5.73 Å². The Morgan fingerprint density at radius 3 is 2.62 bits per heavy atom. The zero-order valence-electron chi connectivity index (χ0n) is 5.52. The Bertz CT molecular complexity index is 101. The van der Waals surface area contributed by atoms with Crippen molar-refractivity contribution in [3.63, 3.8) is 0 Å². The zero-order valence-corrected chi connectivity index (χ0v) is 5.52. The fourth-order valence-electron chi connectivity index (χ4n) is 0.329. The third-order valence-corrected chi connectivity index (χ3v) is 0.895. The topological polar surface area (TPSA) is 26.0 Å². The minimum atomic E-state index is 0.657. The van der Waals surface area contributed by atoms with Crippen molar-refractivity contribution in [1.29, 1.82) is 0 Å². The highest BCUT2D eigenvalue weighted by molar-refractivity contribution is 5.10. The van der Waals surface area contributed by atoms with Crippen LogP contribution in [0.4, 0.5) is 0 Å². The van der Waals surface area contributed by atoms with Crippen molar-refractivity contribution >= 4 is 0 Å². The fourth-order valence-corrected chi connectivity index (χ4v) is 0.329. The summed E-state index contributed by atoms with van der Waals surface area (Å²) in [5.74, 6) is 0. The molecule has 8 heavy (non-hydrogen) atoms. The Morgan fingerprint density at radius 2 is 2.25 bits per heavy atom. The standard InChI is InChI=1S/C7H13N/c1-3-4-5-7(2)6-8/h3-5H,6,8H2,1-2H3/b4-3-,7-5-. The van der Waals surface area contributed by atoms with Gasteiger partial charge in [-0.1, -0.05) is 23.8 Å². The molecule has 0 radical (unpaired) electrons. The van der Waals surface area contributed by atoms with Gasteiger partial charge in [-0.05, 0) is 13.8 Å². The van der Waals surface area contributed by atoms with E-state index in [4.69, 9.17) is 5.73 Å². The Morgan fingerprint density at radius 1 is 1.62 bits per heavy atom. The Balaban J connectivity index is 3.57. The monoisotopic (exact) mass is 111 g/mol. The van der Waals surface area contributed by atoms with Gasteiger partial charge in [-0.15, -0.1) is 0 Å². The summed E-state index contributed by atoms with van der Waals surface area (Å²) < 4.78 is 0. The minimum absolute atomic E-state index is 0.657. The van der Waals surface area contributed by atoms with E-state index in [0.717, 1.165) is 0 Å². The van der Waals surface area contributed by atoms with E-state index in [1.54, 1.807) is 0 Å². The normalized spacial score (nSPS) is 13.1. The molecule has 0 saturated carbocycles. The van der Waals surface area contributed by atoms with Gasteiger partial charge in [0.25, 0.3) is 0 Å². The first-order valence-corrected chi connectivity index (χ1v) is 2.79. The van der Waals surface area contributed by atoms with Crippen LogP contribution in [-0.4, -0.2) is 6.54 Å². The van der Waals surface area contributed by atoms with Crippen molar-refractivity contribution in [2.24, 2.45) is 5.73 Å². The summed E-state index contributed by atoms with van der Waals surface area (Å²) in [7, 11) is 0. The van der Waals surface area contributed by atoms with Crippen molar-refractivity contribution in [2.45, 2.75) is 13.8 Å². The lowest BCUT2D eigenvalue weighted by atomic mass is 10.3. The van der Waals surface area contributed by atoms with E-state index < -0.39 is 0 Å². The van der Waals surface area contributed by atoms with Gasteiger partial charge in [0.15, 0.2) is 0 Å². The van der Waals surface area contributed by atoms with Gasteiger partial charge in [-0.2, -0.15) is 0 Å². The molecule has 0 saturated heterocycles. The van der Waals surface area contributed by atoms with Gasteiger partial charge in [0.1, 0.15) is 0 Å². The van der Waals surface area contributed by atoms with Gasteiger partial charge in [-0.25, -0.2) is 0 Å². The predicted molar refractivity (Wildman–Crippen MR) is 37.6 cm³/mol. The van der Waals surface area contributed by atoms with Gasteiger partial charge >= 0.3 is 0 Å². The molecule has 0 aliphatic heterocycles. The van der Waals surface area contributed by atoms with Gasteiger partial charge in [0.2, 0.25) is 0 Å². The highest BCUT2D eigenvalue weighted by atomic mass is 14.5. The number of hydrogen-bond acceptors (Lipinski definition) is 1. The molecule has 0 aliphatic carbocycles. The lowest BCUT2D eigenvalue weighted by molar-refractivity contribution is 1.14. The summed E-state index contributed by atoms with van der Waals surface area (Å²) in [5, 5.41) is 0. The molecular formula is C7H13N. The van der Waals surface area contributed by atoms with Crippen LogP contribution >= 0.6 is 0 Å². The lowest BCUT2D eigenvalue weighted by Gasteiger charge is -1.87. The summed E-state index contributed by atoms with van der Waals surface area (Å²) in [6.07, 6.45) is 5.99. The van der Waals surface area contributed by atoms with E-state index in [1.807, 2.05) is 32.1 Å². The molecule has 46 valence electrons. The smallest absolute Gasteiger partial charge is 0.0137 e. The predicted octanol–water partition coefficient (Wildman–Crippen LogP) is 1.47. The first-order valence-electron chi connectivity index (χ1n) is 2.79. The van der Waals surface area contributed by atoms with Crippen LogP contribution in [0.15, 0.2) is 23.8 Å². The molecule has 0 rings (SSSR count). The Kier molecular flexibility index (Phi) is 4.27. The largest absolute Gasteiger partial charge is 0.327 e. The van der Waals surface area contributed by atoms with Gasteiger partial charge in [0.05, 0.1) is 0 Å². The molecule has 0 aromatic heterocycles. The van der Waals surface area contributed by atoms with Crippen molar-refractivity contribution in [1.82, 2.24) is 0 Å². The second kappa shape index (κ2) is 4.60. The molecule has 0 atom stereocenters. The van der Waals surface area contributed by atoms with Gasteiger partial charge in [0, 0.05) is 6.54 Å². The number of allylic oxidation sites excluding steroid dienone is 3. The summed E-state index contributed by atoms with van der Waals surface area (Å²) >= 11 is 0. The van der Waals surface area contributed by atoms with E-state index in [9.17, 15) is 0 Å². The molecular weight excluding hydrogens is 98.1 g/mol. The molecule has 1 heteroatoms. The fraction of sp³-hybridized carbons (Fsp3) is 0.429. The number of hydrogen-bond donors (Lipinski definition) is 1. The molecule has 0 aliphatic rings. The molecule has 0 bridgehead atoms. The minimum Gasteiger partial charge on any atom is -0.327 e. The SMILES string of the molecule is C/C=C\C=C(\C)CN. The summed E-state index contributed by atoms with van der Waals surface area (Å²) in [4.78, 5) is 0. The third-order valence-electron chi connectivity index (χ3n) is 0.895. The second-order valence-electron chi connectivity index (χ2n) is 1.74. The van der Waals surface area contributed by atoms with E-state index >= 15 is 0 Å². The number of rotatable bonds is 2. The van der Waals surface area contributed by atoms with E-state index in [2.05, 4.69) is 0 Å². The van der Waals surface area contributed by atoms with Crippen molar-refractivity contribution in [3.05, 3.63) is 23.8 Å². The van der Waals surface area contributed by atoms with Crippen LogP contribution in [0.25, 0.3) is 0 Å². The summed E-state index contributed by atoms with van der Waals surface area (Å²) in [5.41, 5.74) is 6.52. The molecule has 0 unspecified atom stereocenters. The molecule has 1 nitrogen and oxygen atoms in total. The van der Waals surface area contributed by atoms with Gasteiger partial charge in [-0.3, -0.25) is 0 Å². The average molecular weight is 111 g/mol. The maximum atomic E-state index is 5.31. The molecule has 0 aromatic carbocycles. The maximum absolute atomic E-state index is 5.31. The summed E-state index contributed by atoms with van der Waals surface area (Å²) in [6.45, 7) is 4.66. The second-order valence-corrected chi connectivity index (χ2v) is 1.74. The quantitative estimate of drug-likeness (QED) is 0.536. The first kappa shape index (κ1) is 7.44. The zero-order chi connectivity index (χ0) is 6.41. The molecule has 0 heterocycles. The van der Waals surface area contributed by atoms with Crippen LogP contribution in [-0.2, 0) is 0 Å². The molecule has 0 spiro atoms. The summed E-state index contributed by atoms with van der Waals surface area (Å²) in [6, 6.07) is 0. The van der Waals surface area contributed by atoms with Crippen molar-refractivity contribution < 1.29 is 0 Å². The van der Waals surface area contributed by atoms with E-state index in [1.165, 1.54) is 5.57 Å². The van der Waals surface area contributed by atoms with Crippen LogP contribution in [0.1, 0.15) is 13.8 Å². The lowest BCUT2D eigenvalue weighted by Crippen LogP contribution is -1.98. The molecule has 2 N–H and O–H groups in total. The van der Waals surface area contributed by atoms with Crippen LogP contribution in [0, 0.1) is 0 Å². The third kappa shape index (κ3) is 3.62. The molecule has 0 aromatic rings. The Labute approximate surface area is 50.9 Å². The van der Waals surface area contributed by atoms with Crippen LogP contribution in [0.3, 0.4) is 0 Å². The van der Waals surface area contributed by atoms with Crippen LogP contribution < -0.4 is 5.73 Å². The average Bonchev–Trinajstić information content (AvgIpc) is 1.83.